The van der Waals surface area contributed by atoms with E-state index < -0.39 is 6.29 Å². The summed E-state index contributed by atoms with van der Waals surface area (Å²) in [5.74, 6) is 0.860. The van der Waals surface area contributed by atoms with E-state index in [1.165, 1.54) is 5.56 Å². The van der Waals surface area contributed by atoms with Crippen LogP contribution in [0.1, 0.15) is 31.7 Å². The highest BCUT2D eigenvalue weighted by Gasteiger charge is 2.22. The molecule has 0 bridgehead atoms. The molecule has 0 saturated carbocycles. The van der Waals surface area contributed by atoms with Crippen LogP contribution in [-0.2, 0) is 15.9 Å². The van der Waals surface area contributed by atoms with Gasteiger partial charge in [-0.3, -0.25) is 0 Å². The number of rotatable bonds is 6. The molecule has 1 aliphatic rings. The van der Waals surface area contributed by atoms with Crippen LogP contribution in [0.2, 0.25) is 0 Å². The summed E-state index contributed by atoms with van der Waals surface area (Å²) in [4.78, 5) is 0. The highest BCUT2D eigenvalue weighted by molar-refractivity contribution is 5.15. The van der Waals surface area contributed by atoms with Gasteiger partial charge in [0.25, 0.3) is 0 Å². The van der Waals surface area contributed by atoms with Gasteiger partial charge in [-0.25, -0.2) is 0 Å². The number of hydrogen-bond donors (Lipinski definition) is 1. The highest BCUT2D eigenvalue weighted by Crippen LogP contribution is 2.22. The first-order valence-electron chi connectivity index (χ1n) is 6.99. The lowest BCUT2D eigenvalue weighted by Gasteiger charge is -2.26. The summed E-state index contributed by atoms with van der Waals surface area (Å²) in [6.07, 6.45) is 4.45. The average molecular weight is 262 g/mol. The molecule has 0 aromatic heterocycles. The van der Waals surface area contributed by atoms with Gasteiger partial charge in [0.1, 0.15) is 0 Å². The highest BCUT2D eigenvalue weighted by atomic mass is 16.6. The van der Waals surface area contributed by atoms with E-state index in [4.69, 9.17) is 9.47 Å². The molecule has 1 aromatic carbocycles. The van der Waals surface area contributed by atoms with Crippen molar-refractivity contribution in [2.45, 2.75) is 45.0 Å². The van der Waals surface area contributed by atoms with Crippen molar-refractivity contribution in [1.29, 1.82) is 0 Å². The van der Waals surface area contributed by atoms with Gasteiger partial charge in [0.05, 0.1) is 18.5 Å². The molecule has 0 amide bonds. The van der Waals surface area contributed by atoms with Crippen LogP contribution in [0.25, 0.3) is 0 Å². The van der Waals surface area contributed by atoms with Crippen LogP contribution in [0.3, 0.4) is 0 Å². The Balaban J connectivity index is 1.83. The maximum Gasteiger partial charge on any atom is 0.177 e. The van der Waals surface area contributed by atoms with Gasteiger partial charge in [-0.2, -0.15) is 0 Å². The second kappa shape index (κ2) is 7.31. The lowest BCUT2D eigenvalue weighted by molar-refractivity contribution is -0.122. The minimum absolute atomic E-state index is 0.0343. The molecule has 0 radical (unpaired) electrons. The van der Waals surface area contributed by atoms with Gasteiger partial charge < -0.3 is 14.6 Å². The molecule has 3 heteroatoms. The molecule has 19 heavy (non-hydrogen) atoms. The Morgan fingerprint density at radius 1 is 1.32 bits per heavy atom. The van der Waals surface area contributed by atoms with E-state index in [0.29, 0.717) is 6.61 Å². The number of benzene rings is 1. The van der Waals surface area contributed by atoms with Crippen molar-refractivity contribution in [1.82, 2.24) is 0 Å². The maximum atomic E-state index is 9.67. The zero-order valence-corrected chi connectivity index (χ0v) is 11.4. The van der Waals surface area contributed by atoms with E-state index in [2.05, 4.69) is 19.1 Å². The van der Waals surface area contributed by atoms with Crippen LogP contribution in [0.4, 0.5) is 0 Å². The monoisotopic (exact) mass is 262 g/mol. The molecule has 0 fully saturated rings. The van der Waals surface area contributed by atoms with E-state index in [-0.39, 0.29) is 6.10 Å². The van der Waals surface area contributed by atoms with Gasteiger partial charge in [-0.05, 0) is 24.8 Å². The first kappa shape index (κ1) is 14.1. The largest absolute Gasteiger partial charge is 0.498 e. The number of ether oxygens (including phenoxy) is 2. The normalized spacial score (nSPS) is 22.9. The number of aryl methyl sites for hydroxylation is 1. The molecule has 0 spiro atoms. The zero-order valence-electron chi connectivity index (χ0n) is 11.4. The lowest BCUT2D eigenvalue weighted by Crippen LogP contribution is -2.27. The minimum atomic E-state index is -0.832. The van der Waals surface area contributed by atoms with Crippen molar-refractivity contribution in [3.63, 3.8) is 0 Å². The average Bonchev–Trinajstić information content (AvgIpc) is 2.43. The smallest absolute Gasteiger partial charge is 0.177 e. The topological polar surface area (TPSA) is 38.7 Å². The summed E-state index contributed by atoms with van der Waals surface area (Å²) >= 11 is 0. The molecule has 0 saturated heterocycles. The van der Waals surface area contributed by atoms with Gasteiger partial charge in [-0.15, -0.1) is 0 Å². The van der Waals surface area contributed by atoms with Crippen molar-refractivity contribution in [2.75, 3.05) is 6.61 Å². The number of hydrogen-bond acceptors (Lipinski definition) is 3. The van der Waals surface area contributed by atoms with Gasteiger partial charge in [0.2, 0.25) is 0 Å². The standard InChI is InChI=1S/C16H22O3/c1-2-10-18-15-11-14(19-16(17)12-15)9-8-13-6-4-3-5-7-13/h3-7,12,14,16-17H,2,8-11H2,1H3. The first-order valence-corrected chi connectivity index (χ1v) is 6.99. The van der Waals surface area contributed by atoms with Crippen molar-refractivity contribution in [3.05, 3.63) is 47.7 Å². The van der Waals surface area contributed by atoms with E-state index in [1.54, 1.807) is 6.08 Å². The van der Waals surface area contributed by atoms with Gasteiger partial charge >= 0.3 is 0 Å². The Morgan fingerprint density at radius 2 is 2.11 bits per heavy atom. The Kier molecular flexibility index (Phi) is 5.43. The van der Waals surface area contributed by atoms with Crippen LogP contribution in [-0.4, -0.2) is 24.1 Å². The minimum Gasteiger partial charge on any atom is -0.498 e. The van der Waals surface area contributed by atoms with Crippen LogP contribution in [0.5, 0.6) is 0 Å². The van der Waals surface area contributed by atoms with Gasteiger partial charge in [0.15, 0.2) is 6.29 Å². The molecule has 2 rings (SSSR count). The van der Waals surface area contributed by atoms with Crippen LogP contribution >= 0.6 is 0 Å². The summed E-state index contributed by atoms with van der Waals surface area (Å²) in [7, 11) is 0. The fraction of sp³-hybridized carbons (Fsp3) is 0.500. The second-order valence-electron chi connectivity index (χ2n) is 4.86. The van der Waals surface area contributed by atoms with Crippen molar-refractivity contribution in [2.24, 2.45) is 0 Å². The summed E-state index contributed by atoms with van der Waals surface area (Å²) in [6, 6.07) is 10.3. The molecule has 1 aliphatic heterocycles. The second-order valence-corrected chi connectivity index (χ2v) is 4.86. The molecule has 2 unspecified atom stereocenters. The third-order valence-corrected chi connectivity index (χ3v) is 3.18. The summed E-state index contributed by atoms with van der Waals surface area (Å²) < 4.78 is 11.1. The molecule has 0 aliphatic carbocycles. The Hall–Kier alpha value is -1.32. The maximum absolute atomic E-state index is 9.67. The predicted molar refractivity (Wildman–Crippen MR) is 74.6 cm³/mol. The van der Waals surface area contributed by atoms with E-state index in [0.717, 1.165) is 31.4 Å². The fourth-order valence-corrected chi connectivity index (χ4v) is 2.22. The van der Waals surface area contributed by atoms with E-state index in [9.17, 15) is 5.11 Å². The Morgan fingerprint density at radius 3 is 2.84 bits per heavy atom. The number of aliphatic hydroxyl groups is 1. The van der Waals surface area contributed by atoms with Crippen LogP contribution < -0.4 is 0 Å². The lowest BCUT2D eigenvalue weighted by atomic mass is 10.0. The Labute approximate surface area is 114 Å². The zero-order chi connectivity index (χ0) is 13.5. The Bertz CT molecular complexity index is 400. The van der Waals surface area contributed by atoms with E-state index in [1.807, 2.05) is 18.2 Å². The van der Waals surface area contributed by atoms with Crippen molar-refractivity contribution >= 4 is 0 Å². The summed E-state index contributed by atoms with van der Waals surface area (Å²) in [5, 5.41) is 9.67. The third-order valence-electron chi connectivity index (χ3n) is 3.18. The molecule has 1 aromatic rings. The van der Waals surface area contributed by atoms with Crippen molar-refractivity contribution in [3.8, 4) is 0 Å². The molecule has 3 nitrogen and oxygen atoms in total. The molecule has 104 valence electrons. The molecular formula is C16H22O3. The molecule has 1 heterocycles. The van der Waals surface area contributed by atoms with Gasteiger partial charge in [0, 0.05) is 12.5 Å². The molecule has 1 N–H and O–H groups in total. The van der Waals surface area contributed by atoms with Gasteiger partial charge in [-0.1, -0.05) is 37.3 Å². The quantitative estimate of drug-likeness (QED) is 0.856. The summed E-state index contributed by atoms with van der Waals surface area (Å²) in [5.41, 5.74) is 1.30. The summed E-state index contributed by atoms with van der Waals surface area (Å²) in [6.45, 7) is 2.77. The third kappa shape index (κ3) is 4.69. The predicted octanol–water partition coefficient (Wildman–Crippen LogP) is 3.04. The fourth-order valence-electron chi connectivity index (χ4n) is 2.22. The molecular weight excluding hydrogens is 240 g/mol. The van der Waals surface area contributed by atoms with Crippen LogP contribution in [0, 0.1) is 0 Å². The van der Waals surface area contributed by atoms with Crippen LogP contribution in [0.15, 0.2) is 42.2 Å². The van der Waals surface area contributed by atoms with E-state index >= 15 is 0 Å². The number of aliphatic hydroxyl groups excluding tert-OH is 1. The van der Waals surface area contributed by atoms with Crippen molar-refractivity contribution < 1.29 is 14.6 Å². The first-order chi connectivity index (χ1) is 9.28. The molecule has 2 atom stereocenters. The SMILES string of the molecule is CCCOC1=CC(O)OC(CCc2ccccc2)C1.